The van der Waals surface area contributed by atoms with Crippen LogP contribution in [0.3, 0.4) is 0 Å². The van der Waals surface area contributed by atoms with Gasteiger partial charge in [-0.25, -0.2) is 0 Å². The molecule has 0 bridgehead atoms. The summed E-state index contributed by atoms with van der Waals surface area (Å²) in [4.78, 5) is 11.3. The van der Waals surface area contributed by atoms with Gasteiger partial charge in [0.25, 0.3) is 0 Å². The smallest absolute Gasteiger partial charge is 0.325 e. The van der Waals surface area contributed by atoms with Crippen molar-refractivity contribution in [1.29, 1.82) is 0 Å². The highest BCUT2D eigenvalue weighted by atomic mass is 16.5. The fourth-order valence-corrected chi connectivity index (χ4v) is 1.94. The molecule has 0 spiro atoms. The van der Waals surface area contributed by atoms with Crippen LogP contribution in [0.5, 0.6) is 0 Å². The number of ether oxygens (including phenoxy) is 2. The quantitative estimate of drug-likeness (QED) is 0.438. The van der Waals surface area contributed by atoms with E-state index in [-0.39, 0.29) is 5.97 Å². The molecule has 0 aliphatic carbocycles. The summed E-state index contributed by atoms with van der Waals surface area (Å²) in [5.74, 6) is -0.343. The van der Waals surface area contributed by atoms with E-state index in [1.54, 1.807) is 6.92 Å². The van der Waals surface area contributed by atoms with Crippen molar-refractivity contribution in [1.82, 2.24) is 0 Å². The molecule has 0 amide bonds. The van der Waals surface area contributed by atoms with Gasteiger partial charge in [-0.3, -0.25) is 4.79 Å². The van der Waals surface area contributed by atoms with Crippen LogP contribution >= 0.6 is 0 Å². The molecule has 0 aliphatic rings. The second-order valence-electron chi connectivity index (χ2n) is 5.39. The minimum absolute atomic E-state index is 0.343. The van der Waals surface area contributed by atoms with Crippen LogP contribution in [-0.2, 0) is 14.3 Å². The largest absolute Gasteiger partial charge is 0.468 e. The number of rotatable bonds is 12. The summed E-state index contributed by atoms with van der Waals surface area (Å²) in [6.07, 6.45) is 8.79. The monoisotopic (exact) mass is 273 g/mol. The molecule has 19 heavy (non-hydrogen) atoms. The van der Waals surface area contributed by atoms with E-state index in [1.165, 1.54) is 32.8 Å². The van der Waals surface area contributed by atoms with Crippen molar-refractivity contribution in [3.05, 3.63) is 0 Å². The number of nitrogens with two attached hydrogens (primary N) is 1. The van der Waals surface area contributed by atoms with Gasteiger partial charge in [0.15, 0.2) is 0 Å². The molecule has 0 aromatic carbocycles. The van der Waals surface area contributed by atoms with Crippen LogP contribution in [0.15, 0.2) is 0 Å². The van der Waals surface area contributed by atoms with Crippen LogP contribution in [-0.4, -0.2) is 31.8 Å². The normalized spacial score (nSPS) is 14.1. The second kappa shape index (κ2) is 11.2. The maximum atomic E-state index is 11.3. The molecular formula is C15H31NO3. The summed E-state index contributed by atoms with van der Waals surface area (Å²) in [6.45, 7) is 5.54. The van der Waals surface area contributed by atoms with Gasteiger partial charge in [-0.05, 0) is 32.6 Å². The van der Waals surface area contributed by atoms with Gasteiger partial charge >= 0.3 is 5.97 Å². The molecule has 0 saturated heterocycles. The minimum Gasteiger partial charge on any atom is -0.468 e. The summed E-state index contributed by atoms with van der Waals surface area (Å²) in [7, 11) is 1.37. The van der Waals surface area contributed by atoms with Gasteiger partial charge in [0.05, 0.1) is 7.11 Å². The lowest BCUT2D eigenvalue weighted by atomic mass is 9.96. The maximum absolute atomic E-state index is 11.3. The lowest BCUT2D eigenvalue weighted by molar-refractivity contribution is -0.146. The fourth-order valence-electron chi connectivity index (χ4n) is 1.94. The van der Waals surface area contributed by atoms with Gasteiger partial charge in [0, 0.05) is 13.2 Å². The van der Waals surface area contributed by atoms with Crippen molar-refractivity contribution in [3.8, 4) is 0 Å². The zero-order chi connectivity index (χ0) is 14.6. The zero-order valence-corrected chi connectivity index (χ0v) is 12.9. The molecule has 0 aromatic rings. The number of methoxy groups -OCH3 is 1. The topological polar surface area (TPSA) is 61.5 Å². The van der Waals surface area contributed by atoms with Crippen molar-refractivity contribution in [2.75, 3.05) is 20.3 Å². The molecule has 114 valence electrons. The van der Waals surface area contributed by atoms with Crippen molar-refractivity contribution >= 4 is 5.97 Å². The van der Waals surface area contributed by atoms with Crippen LogP contribution < -0.4 is 5.73 Å². The van der Waals surface area contributed by atoms with Crippen molar-refractivity contribution in [2.24, 2.45) is 5.73 Å². The zero-order valence-electron chi connectivity index (χ0n) is 12.9. The first kappa shape index (κ1) is 18.4. The van der Waals surface area contributed by atoms with E-state index in [0.29, 0.717) is 6.42 Å². The van der Waals surface area contributed by atoms with E-state index in [9.17, 15) is 4.79 Å². The van der Waals surface area contributed by atoms with Gasteiger partial charge in [-0.1, -0.05) is 32.6 Å². The van der Waals surface area contributed by atoms with Crippen LogP contribution in [0.2, 0.25) is 0 Å². The molecule has 0 aliphatic heterocycles. The Labute approximate surface area is 118 Å². The summed E-state index contributed by atoms with van der Waals surface area (Å²) in [5, 5.41) is 0. The van der Waals surface area contributed by atoms with E-state index in [4.69, 9.17) is 10.5 Å². The predicted molar refractivity (Wildman–Crippen MR) is 78.0 cm³/mol. The predicted octanol–water partition coefficient (Wildman–Crippen LogP) is 3.03. The SMILES string of the molecule is CCCCCCCOCCCCC(C)(N)C(=O)OC. The van der Waals surface area contributed by atoms with Gasteiger partial charge < -0.3 is 15.2 Å². The van der Waals surface area contributed by atoms with Crippen LogP contribution in [0.4, 0.5) is 0 Å². The average molecular weight is 273 g/mol. The van der Waals surface area contributed by atoms with E-state index in [0.717, 1.165) is 32.5 Å². The molecule has 1 unspecified atom stereocenters. The molecule has 0 heterocycles. The van der Waals surface area contributed by atoms with Gasteiger partial charge in [0.1, 0.15) is 5.54 Å². The standard InChI is InChI=1S/C15H31NO3/c1-4-5-6-7-9-12-19-13-10-8-11-15(2,16)14(17)18-3/h4-13,16H2,1-3H3. The summed E-state index contributed by atoms with van der Waals surface area (Å²) in [6, 6.07) is 0. The Morgan fingerprint density at radius 1 is 1.05 bits per heavy atom. The third-order valence-corrected chi connectivity index (χ3v) is 3.28. The number of unbranched alkanes of at least 4 members (excludes halogenated alkanes) is 5. The molecule has 2 N–H and O–H groups in total. The first-order valence-corrected chi connectivity index (χ1v) is 7.49. The summed E-state index contributed by atoms with van der Waals surface area (Å²) >= 11 is 0. The summed E-state index contributed by atoms with van der Waals surface area (Å²) in [5.41, 5.74) is 5.00. The molecule has 0 aromatic heterocycles. The lowest BCUT2D eigenvalue weighted by Crippen LogP contribution is -2.45. The minimum atomic E-state index is -0.866. The van der Waals surface area contributed by atoms with Crippen LogP contribution in [0.25, 0.3) is 0 Å². The molecule has 4 heteroatoms. The Balaban J connectivity index is 3.33. The number of esters is 1. The fraction of sp³-hybridized carbons (Fsp3) is 0.933. The average Bonchev–Trinajstić information content (AvgIpc) is 2.39. The highest BCUT2D eigenvalue weighted by Crippen LogP contribution is 2.12. The van der Waals surface area contributed by atoms with Crippen LogP contribution in [0.1, 0.15) is 65.2 Å². The number of carbonyl (C=O) groups is 1. The number of hydrogen-bond acceptors (Lipinski definition) is 4. The Kier molecular flexibility index (Phi) is 10.9. The van der Waals surface area contributed by atoms with E-state index in [1.807, 2.05) is 0 Å². The Bertz CT molecular complexity index is 229. The number of hydrogen-bond donors (Lipinski definition) is 1. The molecule has 0 fully saturated rings. The lowest BCUT2D eigenvalue weighted by Gasteiger charge is -2.20. The molecular weight excluding hydrogens is 242 g/mol. The molecule has 1 atom stereocenters. The second-order valence-corrected chi connectivity index (χ2v) is 5.39. The highest BCUT2D eigenvalue weighted by Gasteiger charge is 2.28. The van der Waals surface area contributed by atoms with Gasteiger partial charge in [-0.15, -0.1) is 0 Å². The Morgan fingerprint density at radius 3 is 2.21 bits per heavy atom. The van der Waals surface area contributed by atoms with Gasteiger partial charge in [0.2, 0.25) is 0 Å². The maximum Gasteiger partial charge on any atom is 0.325 e. The first-order chi connectivity index (χ1) is 9.04. The van der Waals surface area contributed by atoms with E-state index < -0.39 is 5.54 Å². The van der Waals surface area contributed by atoms with E-state index >= 15 is 0 Å². The number of carbonyl (C=O) groups excluding carboxylic acids is 1. The Hall–Kier alpha value is -0.610. The van der Waals surface area contributed by atoms with E-state index in [2.05, 4.69) is 11.7 Å². The summed E-state index contributed by atoms with van der Waals surface area (Å²) < 4.78 is 10.2. The molecule has 0 rings (SSSR count). The van der Waals surface area contributed by atoms with Crippen molar-refractivity contribution < 1.29 is 14.3 Å². The molecule has 0 saturated carbocycles. The third-order valence-electron chi connectivity index (χ3n) is 3.28. The van der Waals surface area contributed by atoms with Gasteiger partial charge in [-0.2, -0.15) is 0 Å². The molecule has 4 nitrogen and oxygen atoms in total. The highest BCUT2D eigenvalue weighted by molar-refractivity contribution is 5.79. The van der Waals surface area contributed by atoms with Crippen molar-refractivity contribution in [2.45, 2.75) is 70.8 Å². The van der Waals surface area contributed by atoms with Crippen LogP contribution in [0, 0.1) is 0 Å². The molecule has 0 radical (unpaired) electrons. The Morgan fingerprint density at radius 2 is 1.63 bits per heavy atom. The van der Waals surface area contributed by atoms with Crippen molar-refractivity contribution in [3.63, 3.8) is 0 Å². The first-order valence-electron chi connectivity index (χ1n) is 7.49. The third kappa shape index (κ3) is 9.91.